The standard InChI is InChI=1S/C14H18N2S/c1-10-5-6-12(9-11(10)2)16-8-7-14(3,4)15-13(16)17/h5-9H,1-4H3,(H,15,17). The summed E-state index contributed by atoms with van der Waals surface area (Å²) in [6.45, 7) is 8.44. The molecule has 0 atom stereocenters. The number of aryl methyl sites for hydroxylation is 2. The molecule has 0 saturated heterocycles. The number of anilines is 1. The Labute approximate surface area is 108 Å². The highest BCUT2D eigenvalue weighted by Crippen LogP contribution is 2.23. The molecular weight excluding hydrogens is 228 g/mol. The molecule has 1 heterocycles. The van der Waals surface area contributed by atoms with Crippen LogP contribution in [0.2, 0.25) is 0 Å². The number of thiocarbonyl (C=S) groups is 1. The number of hydrogen-bond acceptors (Lipinski definition) is 1. The van der Waals surface area contributed by atoms with Crippen LogP contribution >= 0.6 is 12.2 Å². The molecular formula is C14H18N2S. The van der Waals surface area contributed by atoms with Crippen LogP contribution in [-0.4, -0.2) is 10.7 Å². The quantitative estimate of drug-likeness (QED) is 0.765. The molecule has 2 rings (SSSR count). The Morgan fingerprint density at radius 3 is 2.47 bits per heavy atom. The van der Waals surface area contributed by atoms with Gasteiger partial charge in [0.15, 0.2) is 5.11 Å². The van der Waals surface area contributed by atoms with E-state index in [-0.39, 0.29) is 5.54 Å². The molecule has 0 unspecified atom stereocenters. The summed E-state index contributed by atoms with van der Waals surface area (Å²) in [6, 6.07) is 6.38. The van der Waals surface area contributed by atoms with Crippen molar-refractivity contribution in [3.05, 3.63) is 41.6 Å². The molecule has 2 nitrogen and oxygen atoms in total. The van der Waals surface area contributed by atoms with Crippen molar-refractivity contribution in [1.82, 2.24) is 5.32 Å². The molecule has 1 aliphatic heterocycles. The largest absolute Gasteiger partial charge is 0.354 e. The van der Waals surface area contributed by atoms with E-state index in [4.69, 9.17) is 12.2 Å². The van der Waals surface area contributed by atoms with Gasteiger partial charge in [0.05, 0.1) is 5.54 Å². The first-order chi connectivity index (χ1) is 7.89. The van der Waals surface area contributed by atoms with Crippen LogP contribution in [0.4, 0.5) is 5.69 Å². The average Bonchev–Trinajstić information content (AvgIpc) is 2.21. The van der Waals surface area contributed by atoms with Gasteiger partial charge >= 0.3 is 0 Å². The highest BCUT2D eigenvalue weighted by atomic mass is 32.1. The van der Waals surface area contributed by atoms with Crippen LogP contribution in [0.15, 0.2) is 30.5 Å². The van der Waals surface area contributed by atoms with E-state index in [2.05, 4.69) is 57.3 Å². The summed E-state index contributed by atoms with van der Waals surface area (Å²) in [5, 5.41) is 4.06. The molecule has 3 heteroatoms. The Hall–Kier alpha value is -1.35. The van der Waals surface area contributed by atoms with Gasteiger partial charge < -0.3 is 5.32 Å². The van der Waals surface area contributed by atoms with E-state index in [1.54, 1.807) is 0 Å². The molecule has 0 fully saturated rings. The zero-order valence-corrected chi connectivity index (χ0v) is 11.6. The van der Waals surface area contributed by atoms with E-state index < -0.39 is 0 Å². The summed E-state index contributed by atoms with van der Waals surface area (Å²) in [5.41, 5.74) is 3.63. The molecule has 0 radical (unpaired) electrons. The minimum Gasteiger partial charge on any atom is -0.354 e. The van der Waals surface area contributed by atoms with Crippen molar-refractivity contribution in [1.29, 1.82) is 0 Å². The number of nitrogens with one attached hydrogen (secondary N) is 1. The predicted octanol–water partition coefficient (Wildman–Crippen LogP) is 3.29. The maximum atomic E-state index is 5.40. The molecule has 90 valence electrons. The zero-order chi connectivity index (χ0) is 12.6. The van der Waals surface area contributed by atoms with E-state index in [9.17, 15) is 0 Å². The topological polar surface area (TPSA) is 15.3 Å². The minimum absolute atomic E-state index is 0.0622. The van der Waals surface area contributed by atoms with Crippen molar-refractivity contribution >= 4 is 23.0 Å². The minimum atomic E-state index is -0.0622. The molecule has 0 aromatic heterocycles. The Kier molecular flexibility index (Phi) is 2.96. The van der Waals surface area contributed by atoms with Crippen LogP contribution in [0.3, 0.4) is 0 Å². The van der Waals surface area contributed by atoms with E-state index >= 15 is 0 Å². The second-order valence-corrected chi connectivity index (χ2v) is 5.49. The van der Waals surface area contributed by atoms with Crippen molar-refractivity contribution < 1.29 is 0 Å². The van der Waals surface area contributed by atoms with E-state index in [1.807, 2.05) is 11.1 Å². The number of hydrogen-bond donors (Lipinski definition) is 1. The lowest BCUT2D eigenvalue weighted by molar-refractivity contribution is 0.566. The van der Waals surface area contributed by atoms with Gasteiger partial charge in [0.1, 0.15) is 0 Å². The molecule has 0 aliphatic carbocycles. The monoisotopic (exact) mass is 246 g/mol. The Morgan fingerprint density at radius 2 is 1.88 bits per heavy atom. The molecule has 1 N–H and O–H groups in total. The van der Waals surface area contributed by atoms with Crippen LogP contribution < -0.4 is 10.2 Å². The summed E-state index contributed by atoms with van der Waals surface area (Å²) in [5.74, 6) is 0. The fourth-order valence-electron chi connectivity index (χ4n) is 1.78. The van der Waals surface area contributed by atoms with Crippen LogP contribution in [0.5, 0.6) is 0 Å². The summed E-state index contributed by atoms with van der Waals surface area (Å²) in [4.78, 5) is 2.01. The fourth-order valence-corrected chi connectivity index (χ4v) is 2.21. The molecule has 1 aromatic carbocycles. The van der Waals surface area contributed by atoms with Crippen molar-refractivity contribution in [2.45, 2.75) is 33.2 Å². The smallest absolute Gasteiger partial charge is 0.178 e. The third-order valence-electron chi connectivity index (χ3n) is 3.06. The van der Waals surface area contributed by atoms with Gasteiger partial charge in [0.2, 0.25) is 0 Å². The fraction of sp³-hybridized carbons (Fsp3) is 0.357. The molecule has 0 bridgehead atoms. The van der Waals surface area contributed by atoms with Gasteiger partial charge in [-0.3, -0.25) is 4.90 Å². The summed E-state index contributed by atoms with van der Waals surface area (Å²) in [7, 11) is 0. The molecule has 0 amide bonds. The van der Waals surface area contributed by atoms with Crippen LogP contribution in [0, 0.1) is 13.8 Å². The van der Waals surface area contributed by atoms with Crippen LogP contribution in [-0.2, 0) is 0 Å². The molecule has 0 saturated carbocycles. The maximum absolute atomic E-state index is 5.40. The predicted molar refractivity (Wildman–Crippen MR) is 77.3 cm³/mol. The molecule has 1 aromatic rings. The van der Waals surface area contributed by atoms with Crippen LogP contribution in [0.25, 0.3) is 0 Å². The number of rotatable bonds is 1. The van der Waals surface area contributed by atoms with Gasteiger partial charge in [-0.15, -0.1) is 0 Å². The van der Waals surface area contributed by atoms with E-state index in [1.165, 1.54) is 11.1 Å². The van der Waals surface area contributed by atoms with Crippen molar-refractivity contribution in [2.24, 2.45) is 0 Å². The Bertz CT molecular complexity index is 489. The van der Waals surface area contributed by atoms with E-state index in [0.29, 0.717) is 0 Å². The number of benzene rings is 1. The van der Waals surface area contributed by atoms with Crippen molar-refractivity contribution in [2.75, 3.05) is 4.90 Å². The first-order valence-corrected chi connectivity index (χ1v) is 6.18. The number of nitrogens with zero attached hydrogens (tertiary/aromatic N) is 1. The first kappa shape index (κ1) is 12.1. The van der Waals surface area contributed by atoms with E-state index in [0.717, 1.165) is 10.8 Å². The lowest BCUT2D eigenvalue weighted by Gasteiger charge is -2.35. The maximum Gasteiger partial charge on any atom is 0.178 e. The lowest BCUT2D eigenvalue weighted by Crippen LogP contribution is -2.51. The van der Waals surface area contributed by atoms with Gasteiger partial charge in [-0.25, -0.2) is 0 Å². The van der Waals surface area contributed by atoms with Crippen LogP contribution in [0.1, 0.15) is 25.0 Å². The molecule has 17 heavy (non-hydrogen) atoms. The summed E-state index contributed by atoms with van der Waals surface area (Å²) >= 11 is 5.40. The summed E-state index contributed by atoms with van der Waals surface area (Å²) in [6.07, 6.45) is 4.17. The molecule has 0 spiro atoms. The SMILES string of the molecule is Cc1ccc(N2C=CC(C)(C)NC2=S)cc1C. The highest BCUT2D eigenvalue weighted by Gasteiger charge is 2.23. The van der Waals surface area contributed by atoms with Crippen molar-refractivity contribution in [3.63, 3.8) is 0 Å². The van der Waals surface area contributed by atoms with Gasteiger partial charge in [-0.1, -0.05) is 6.07 Å². The third kappa shape index (κ3) is 2.50. The Morgan fingerprint density at radius 1 is 1.18 bits per heavy atom. The lowest BCUT2D eigenvalue weighted by atomic mass is 10.0. The average molecular weight is 246 g/mol. The normalized spacial score (nSPS) is 18.1. The molecule has 1 aliphatic rings. The Balaban J connectivity index is 2.35. The van der Waals surface area contributed by atoms with Gasteiger partial charge in [0, 0.05) is 11.9 Å². The van der Waals surface area contributed by atoms with Gasteiger partial charge in [-0.05, 0) is 69.2 Å². The van der Waals surface area contributed by atoms with Gasteiger partial charge in [-0.2, -0.15) is 0 Å². The van der Waals surface area contributed by atoms with Crippen molar-refractivity contribution in [3.8, 4) is 0 Å². The van der Waals surface area contributed by atoms with Gasteiger partial charge in [0.25, 0.3) is 0 Å². The first-order valence-electron chi connectivity index (χ1n) is 5.77. The second kappa shape index (κ2) is 4.15. The summed E-state index contributed by atoms with van der Waals surface area (Å²) < 4.78 is 0. The third-order valence-corrected chi connectivity index (χ3v) is 3.36. The zero-order valence-electron chi connectivity index (χ0n) is 10.7. The highest BCUT2D eigenvalue weighted by molar-refractivity contribution is 7.80. The second-order valence-electron chi connectivity index (χ2n) is 5.11.